The van der Waals surface area contributed by atoms with E-state index >= 15 is 0 Å². The largest absolute Gasteiger partial charge is 0.469 e. The maximum Gasteiger partial charge on any atom is 0.305 e. The van der Waals surface area contributed by atoms with Crippen LogP contribution >= 0.6 is 23.2 Å². The van der Waals surface area contributed by atoms with Gasteiger partial charge in [0.05, 0.1) is 31.5 Å². The van der Waals surface area contributed by atoms with Crippen molar-refractivity contribution in [2.75, 3.05) is 32.1 Å². The highest BCUT2D eigenvalue weighted by Gasteiger charge is 2.22. The van der Waals surface area contributed by atoms with Crippen LogP contribution in [0.1, 0.15) is 31.2 Å². The Bertz CT molecular complexity index is 1440. The number of halogens is 2. The Hall–Kier alpha value is -3.73. The third-order valence-electron chi connectivity index (χ3n) is 7.10. The molecule has 1 saturated heterocycles. The van der Waals surface area contributed by atoms with Crippen LogP contribution in [0.15, 0.2) is 61.4 Å². The van der Waals surface area contributed by atoms with Crippen molar-refractivity contribution < 1.29 is 14.3 Å². The Morgan fingerprint density at radius 1 is 1.07 bits per heavy atom. The SMILES string of the molecule is COC(=O)CC1CCN(Cc2cc(Oc3cnc(NCCCn4ccnc4)nc3)nc(-c3cc(Cl)cc(Cl)c3)c2)CC1. The number of carbonyl (C=O) groups excluding carboxylic acids is 1. The first-order valence-corrected chi connectivity index (χ1v) is 14.7. The molecule has 1 aliphatic heterocycles. The molecular formula is C30H33Cl2N7O3. The molecule has 1 aliphatic rings. The third kappa shape index (κ3) is 8.64. The second-order valence-electron chi connectivity index (χ2n) is 10.3. The number of nitrogens with one attached hydrogen (secondary N) is 1. The van der Waals surface area contributed by atoms with Gasteiger partial charge in [-0.1, -0.05) is 23.2 Å². The van der Waals surface area contributed by atoms with Crippen molar-refractivity contribution in [2.24, 2.45) is 5.92 Å². The molecule has 0 spiro atoms. The van der Waals surface area contributed by atoms with E-state index in [-0.39, 0.29) is 5.97 Å². The molecule has 220 valence electrons. The Balaban J connectivity index is 1.26. The second kappa shape index (κ2) is 14.4. The number of imidazole rings is 1. The lowest BCUT2D eigenvalue weighted by Crippen LogP contribution is -2.34. The molecule has 0 amide bonds. The molecule has 4 aromatic rings. The maximum absolute atomic E-state index is 11.7. The van der Waals surface area contributed by atoms with Gasteiger partial charge in [0, 0.05) is 60.1 Å². The van der Waals surface area contributed by atoms with Crippen molar-refractivity contribution in [1.29, 1.82) is 0 Å². The van der Waals surface area contributed by atoms with Crippen LogP contribution in [0.3, 0.4) is 0 Å². The number of nitrogens with zero attached hydrogens (tertiary/aromatic N) is 6. The average molecular weight is 611 g/mol. The maximum atomic E-state index is 11.7. The summed E-state index contributed by atoms with van der Waals surface area (Å²) >= 11 is 12.6. The molecule has 42 heavy (non-hydrogen) atoms. The van der Waals surface area contributed by atoms with E-state index in [9.17, 15) is 4.79 Å². The van der Waals surface area contributed by atoms with Crippen LogP contribution in [0.5, 0.6) is 11.6 Å². The predicted octanol–water partition coefficient (Wildman–Crippen LogP) is 6.11. The summed E-state index contributed by atoms with van der Waals surface area (Å²) < 4.78 is 13.0. The standard InChI is InChI=1S/C30H33Cl2N7O3/c1-41-29(40)13-21-3-8-38(9-4-21)19-22-11-27(23-14-24(31)16-25(32)15-23)37-28(12-22)42-26-17-35-30(36-18-26)34-5-2-7-39-10-6-33-20-39/h6,10-12,14-18,20-21H,2-5,7-9,13,19H2,1H3,(H,34,35,36). The van der Waals surface area contributed by atoms with Gasteiger partial charge < -0.3 is 19.4 Å². The van der Waals surface area contributed by atoms with E-state index in [1.54, 1.807) is 31.0 Å². The van der Waals surface area contributed by atoms with E-state index in [1.807, 2.05) is 35.0 Å². The lowest BCUT2D eigenvalue weighted by Gasteiger charge is -2.31. The molecule has 1 N–H and O–H groups in total. The summed E-state index contributed by atoms with van der Waals surface area (Å²) in [6.07, 6.45) is 12.0. The summed E-state index contributed by atoms with van der Waals surface area (Å²) in [6, 6.07) is 9.31. The van der Waals surface area contributed by atoms with Crippen molar-refractivity contribution in [3.8, 4) is 22.9 Å². The van der Waals surface area contributed by atoms with Crippen LogP contribution in [0.25, 0.3) is 11.3 Å². The summed E-state index contributed by atoms with van der Waals surface area (Å²) in [6.45, 7) is 4.09. The second-order valence-corrected chi connectivity index (χ2v) is 11.2. The van der Waals surface area contributed by atoms with Gasteiger partial charge in [0.25, 0.3) is 0 Å². The quantitative estimate of drug-likeness (QED) is 0.150. The molecule has 1 aromatic carbocycles. The van der Waals surface area contributed by atoms with E-state index < -0.39 is 0 Å². The molecule has 10 nitrogen and oxygen atoms in total. The summed E-state index contributed by atoms with van der Waals surface area (Å²) in [7, 11) is 1.44. The predicted molar refractivity (Wildman–Crippen MR) is 162 cm³/mol. The first-order chi connectivity index (χ1) is 20.4. The van der Waals surface area contributed by atoms with Gasteiger partial charge in [0.2, 0.25) is 11.8 Å². The molecule has 4 heterocycles. The van der Waals surface area contributed by atoms with Crippen LogP contribution in [0.2, 0.25) is 10.0 Å². The number of pyridine rings is 1. The molecule has 12 heteroatoms. The number of anilines is 1. The lowest BCUT2D eigenvalue weighted by atomic mass is 9.93. The molecule has 0 atom stereocenters. The zero-order chi connectivity index (χ0) is 29.3. The molecule has 0 radical (unpaired) electrons. The van der Waals surface area contributed by atoms with E-state index in [0.29, 0.717) is 52.2 Å². The van der Waals surface area contributed by atoms with E-state index in [0.717, 1.165) is 56.6 Å². The number of hydrogen-bond acceptors (Lipinski definition) is 9. The van der Waals surface area contributed by atoms with E-state index in [4.69, 9.17) is 37.7 Å². The van der Waals surface area contributed by atoms with Gasteiger partial charge in [-0.15, -0.1) is 0 Å². The van der Waals surface area contributed by atoms with Crippen LogP contribution in [0, 0.1) is 5.92 Å². The normalized spacial score (nSPS) is 14.1. The molecule has 0 unspecified atom stereocenters. The number of likely N-dealkylation sites (tertiary alicyclic amines) is 1. The summed E-state index contributed by atoms with van der Waals surface area (Å²) in [5.41, 5.74) is 2.53. The summed E-state index contributed by atoms with van der Waals surface area (Å²) in [5.74, 6) is 1.63. The van der Waals surface area contributed by atoms with Crippen molar-refractivity contribution in [3.63, 3.8) is 0 Å². The number of methoxy groups -OCH3 is 1. The smallest absolute Gasteiger partial charge is 0.305 e. The molecule has 1 fully saturated rings. The Labute approximate surface area is 255 Å². The highest BCUT2D eigenvalue weighted by Crippen LogP contribution is 2.31. The average Bonchev–Trinajstić information content (AvgIpc) is 3.50. The molecule has 5 rings (SSSR count). The Morgan fingerprint density at radius 2 is 1.83 bits per heavy atom. The molecule has 0 bridgehead atoms. The summed E-state index contributed by atoms with van der Waals surface area (Å²) in [4.78, 5) is 31.6. The highest BCUT2D eigenvalue weighted by molar-refractivity contribution is 6.35. The number of aryl methyl sites for hydroxylation is 1. The number of aromatic nitrogens is 5. The molecule has 3 aromatic heterocycles. The van der Waals surface area contributed by atoms with E-state index in [2.05, 4.69) is 25.2 Å². The zero-order valence-electron chi connectivity index (χ0n) is 23.4. The number of carbonyl (C=O) groups is 1. The number of hydrogen-bond donors (Lipinski definition) is 1. The number of benzene rings is 1. The van der Waals surface area contributed by atoms with Gasteiger partial charge in [-0.2, -0.15) is 0 Å². The minimum absolute atomic E-state index is 0.146. The Kier molecular flexibility index (Phi) is 10.2. The van der Waals surface area contributed by atoms with Gasteiger partial charge in [0.15, 0.2) is 5.75 Å². The zero-order valence-corrected chi connectivity index (χ0v) is 24.9. The first-order valence-electron chi connectivity index (χ1n) is 13.9. The van der Waals surface area contributed by atoms with Crippen LogP contribution < -0.4 is 10.1 Å². The van der Waals surface area contributed by atoms with Gasteiger partial charge in [-0.3, -0.25) is 9.69 Å². The first kappa shape index (κ1) is 29.8. The van der Waals surface area contributed by atoms with Crippen molar-refractivity contribution in [1.82, 2.24) is 29.4 Å². The molecular weight excluding hydrogens is 577 g/mol. The fraction of sp³-hybridized carbons (Fsp3) is 0.367. The Morgan fingerprint density at radius 3 is 2.52 bits per heavy atom. The van der Waals surface area contributed by atoms with Crippen LogP contribution in [-0.4, -0.2) is 62.1 Å². The van der Waals surface area contributed by atoms with E-state index in [1.165, 1.54) is 7.11 Å². The fourth-order valence-corrected chi connectivity index (χ4v) is 5.47. The minimum Gasteiger partial charge on any atom is -0.469 e. The molecule has 0 saturated carbocycles. The number of rotatable bonds is 12. The van der Waals surface area contributed by atoms with Crippen molar-refractivity contribution in [3.05, 3.63) is 77.1 Å². The van der Waals surface area contributed by atoms with Gasteiger partial charge in [-0.25, -0.2) is 19.9 Å². The molecule has 0 aliphatic carbocycles. The van der Waals surface area contributed by atoms with Gasteiger partial charge >= 0.3 is 5.97 Å². The van der Waals surface area contributed by atoms with Crippen molar-refractivity contribution in [2.45, 2.75) is 38.8 Å². The van der Waals surface area contributed by atoms with Crippen LogP contribution in [0.4, 0.5) is 5.95 Å². The highest BCUT2D eigenvalue weighted by atomic mass is 35.5. The monoisotopic (exact) mass is 609 g/mol. The fourth-order valence-electron chi connectivity index (χ4n) is 4.94. The third-order valence-corrected chi connectivity index (χ3v) is 7.54. The topological polar surface area (TPSA) is 107 Å². The number of esters is 1. The minimum atomic E-state index is -0.146. The van der Waals surface area contributed by atoms with Gasteiger partial charge in [0.1, 0.15) is 0 Å². The van der Waals surface area contributed by atoms with Crippen LogP contribution in [-0.2, 0) is 22.6 Å². The summed E-state index contributed by atoms with van der Waals surface area (Å²) in [5, 5.41) is 4.29. The van der Waals surface area contributed by atoms with Gasteiger partial charge in [-0.05, 0) is 68.1 Å². The lowest BCUT2D eigenvalue weighted by molar-refractivity contribution is -0.142. The number of piperidine rings is 1. The van der Waals surface area contributed by atoms with Crippen molar-refractivity contribution >= 4 is 35.1 Å². The number of ether oxygens (including phenoxy) is 2.